The third kappa shape index (κ3) is 2.89. The van der Waals surface area contributed by atoms with Crippen LogP contribution in [0.1, 0.15) is 11.1 Å². The van der Waals surface area contributed by atoms with Crippen LogP contribution in [-0.2, 0) is 16.0 Å². The molecule has 2 aromatic rings. The maximum Gasteiger partial charge on any atom is 0.0959 e. The van der Waals surface area contributed by atoms with Crippen LogP contribution in [-0.4, -0.2) is 36.5 Å². The van der Waals surface area contributed by atoms with Gasteiger partial charge in [0.15, 0.2) is 0 Å². The predicted molar refractivity (Wildman–Crippen MR) is 71.9 cm³/mol. The maximum atomic E-state index is 5.48. The third-order valence-corrected chi connectivity index (χ3v) is 3.14. The minimum atomic E-state index is 0.640. The number of nitrogens with zero attached hydrogens (tertiary/aromatic N) is 2. The number of rotatable bonds is 6. The first-order valence-corrected chi connectivity index (χ1v) is 6.21. The average molecular weight is 248 g/mol. The summed E-state index contributed by atoms with van der Waals surface area (Å²) >= 11 is 0. The van der Waals surface area contributed by atoms with Gasteiger partial charge in [0.05, 0.1) is 37.2 Å². The summed E-state index contributed by atoms with van der Waals surface area (Å²) in [5.74, 6) is 0. The molecule has 0 unspecified atom stereocenters. The van der Waals surface area contributed by atoms with Crippen molar-refractivity contribution in [2.45, 2.75) is 20.4 Å². The van der Waals surface area contributed by atoms with Gasteiger partial charge >= 0.3 is 0 Å². The van der Waals surface area contributed by atoms with E-state index >= 15 is 0 Å². The summed E-state index contributed by atoms with van der Waals surface area (Å²) in [6.45, 7) is 7.03. The first-order valence-electron chi connectivity index (χ1n) is 6.21. The number of ether oxygens (including phenoxy) is 2. The number of hydrogen-bond acceptors (Lipinski definition) is 3. The molecule has 18 heavy (non-hydrogen) atoms. The highest BCUT2D eigenvalue weighted by Gasteiger charge is 2.04. The van der Waals surface area contributed by atoms with E-state index in [-0.39, 0.29) is 0 Å². The van der Waals surface area contributed by atoms with Crippen LogP contribution in [0.4, 0.5) is 0 Å². The lowest BCUT2D eigenvalue weighted by atomic mass is 10.1. The van der Waals surface area contributed by atoms with Crippen molar-refractivity contribution in [1.82, 2.24) is 9.55 Å². The van der Waals surface area contributed by atoms with Gasteiger partial charge in [-0.15, -0.1) is 0 Å². The number of fused-ring (bicyclic) bond motifs is 1. The SMILES string of the molecule is COCCOCCn1cnc2cc(C)c(C)cc21. The molecule has 1 aromatic carbocycles. The molecule has 2 rings (SSSR count). The Morgan fingerprint density at radius 2 is 1.89 bits per heavy atom. The number of benzene rings is 1. The Hall–Kier alpha value is -1.39. The molecular formula is C14H20N2O2. The summed E-state index contributed by atoms with van der Waals surface area (Å²) in [5, 5.41) is 0. The highest BCUT2D eigenvalue weighted by Crippen LogP contribution is 2.18. The molecule has 0 fully saturated rings. The summed E-state index contributed by atoms with van der Waals surface area (Å²) in [5.41, 5.74) is 4.80. The second kappa shape index (κ2) is 5.98. The van der Waals surface area contributed by atoms with Crippen molar-refractivity contribution in [3.8, 4) is 0 Å². The average Bonchev–Trinajstić information content (AvgIpc) is 2.72. The van der Waals surface area contributed by atoms with E-state index in [2.05, 4.69) is 35.5 Å². The Morgan fingerprint density at radius 3 is 2.67 bits per heavy atom. The molecule has 0 aliphatic heterocycles. The van der Waals surface area contributed by atoms with Crippen molar-refractivity contribution < 1.29 is 9.47 Å². The zero-order valence-electron chi connectivity index (χ0n) is 11.3. The largest absolute Gasteiger partial charge is 0.382 e. The van der Waals surface area contributed by atoms with E-state index < -0.39 is 0 Å². The number of aryl methyl sites for hydroxylation is 2. The second-order valence-electron chi connectivity index (χ2n) is 4.47. The van der Waals surface area contributed by atoms with Crippen LogP contribution in [0.15, 0.2) is 18.5 Å². The predicted octanol–water partition coefficient (Wildman–Crippen LogP) is 2.32. The van der Waals surface area contributed by atoms with Gasteiger partial charge in [0.25, 0.3) is 0 Å². The van der Waals surface area contributed by atoms with Crippen LogP contribution in [0.3, 0.4) is 0 Å². The zero-order valence-corrected chi connectivity index (χ0v) is 11.3. The normalized spacial score (nSPS) is 11.3. The molecule has 0 N–H and O–H groups in total. The molecule has 0 amide bonds. The minimum absolute atomic E-state index is 0.640. The van der Waals surface area contributed by atoms with Crippen LogP contribution in [0.2, 0.25) is 0 Å². The number of aromatic nitrogens is 2. The molecule has 98 valence electrons. The first kappa shape index (κ1) is 13.1. The molecule has 0 bridgehead atoms. The molecule has 0 aliphatic carbocycles. The standard InChI is InChI=1S/C14H20N2O2/c1-11-8-13-14(9-12(11)2)16(10-15-13)4-5-18-7-6-17-3/h8-10H,4-7H2,1-3H3. The zero-order chi connectivity index (χ0) is 13.0. The molecule has 4 heteroatoms. The molecule has 0 aliphatic rings. The lowest BCUT2D eigenvalue weighted by molar-refractivity contribution is 0.0669. The lowest BCUT2D eigenvalue weighted by Gasteiger charge is -2.07. The molecule has 0 saturated heterocycles. The fourth-order valence-electron chi connectivity index (χ4n) is 1.90. The van der Waals surface area contributed by atoms with Crippen molar-refractivity contribution in [1.29, 1.82) is 0 Å². The molecular weight excluding hydrogens is 228 g/mol. The van der Waals surface area contributed by atoms with Crippen LogP contribution >= 0.6 is 0 Å². The summed E-state index contributed by atoms with van der Waals surface area (Å²) in [6.07, 6.45) is 1.88. The Morgan fingerprint density at radius 1 is 1.11 bits per heavy atom. The van der Waals surface area contributed by atoms with Gasteiger partial charge < -0.3 is 14.0 Å². The van der Waals surface area contributed by atoms with Crippen LogP contribution in [0.5, 0.6) is 0 Å². The molecule has 0 atom stereocenters. The Bertz CT molecular complexity index is 520. The topological polar surface area (TPSA) is 36.3 Å². The van der Waals surface area contributed by atoms with Gasteiger partial charge in [0.1, 0.15) is 0 Å². The Balaban J connectivity index is 2.03. The second-order valence-corrected chi connectivity index (χ2v) is 4.47. The third-order valence-electron chi connectivity index (χ3n) is 3.14. The van der Waals surface area contributed by atoms with Gasteiger partial charge in [-0.1, -0.05) is 0 Å². The molecule has 0 radical (unpaired) electrons. The van der Waals surface area contributed by atoms with Crippen molar-refractivity contribution in [3.05, 3.63) is 29.6 Å². The van der Waals surface area contributed by atoms with Crippen molar-refractivity contribution >= 4 is 11.0 Å². The van der Waals surface area contributed by atoms with Gasteiger partial charge in [0.2, 0.25) is 0 Å². The van der Waals surface area contributed by atoms with Gasteiger partial charge in [-0.3, -0.25) is 0 Å². The highest BCUT2D eigenvalue weighted by molar-refractivity contribution is 5.77. The lowest BCUT2D eigenvalue weighted by Crippen LogP contribution is -2.08. The molecule has 1 aromatic heterocycles. The van der Waals surface area contributed by atoms with Crippen molar-refractivity contribution in [2.24, 2.45) is 0 Å². The van der Waals surface area contributed by atoms with Crippen LogP contribution < -0.4 is 0 Å². The maximum absolute atomic E-state index is 5.48. The Labute approximate surface area is 108 Å². The van der Waals surface area contributed by atoms with Gasteiger partial charge in [-0.2, -0.15) is 0 Å². The van der Waals surface area contributed by atoms with E-state index in [9.17, 15) is 0 Å². The quantitative estimate of drug-likeness (QED) is 0.736. The number of methoxy groups -OCH3 is 1. The Kier molecular flexibility index (Phi) is 4.33. The summed E-state index contributed by atoms with van der Waals surface area (Å²) < 4.78 is 12.5. The number of imidazole rings is 1. The minimum Gasteiger partial charge on any atom is -0.382 e. The molecule has 0 spiro atoms. The number of hydrogen-bond donors (Lipinski definition) is 0. The first-order chi connectivity index (χ1) is 8.72. The summed E-state index contributed by atoms with van der Waals surface area (Å²) in [6, 6.07) is 4.32. The van der Waals surface area contributed by atoms with Gasteiger partial charge in [-0.05, 0) is 37.1 Å². The molecule has 4 nitrogen and oxygen atoms in total. The molecule has 1 heterocycles. The summed E-state index contributed by atoms with van der Waals surface area (Å²) in [4.78, 5) is 4.42. The van der Waals surface area contributed by atoms with E-state index in [4.69, 9.17) is 9.47 Å². The fraction of sp³-hybridized carbons (Fsp3) is 0.500. The van der Waals surface area contributed by atoms with Crippen LogP contribution in [0.25, 0.3) is 11.0 Å². The van der Waals surface area contributed by atoms with Gasteiger partial charge in [-0.25, -0.2) is 4.98 Å². The van der Waals surface area contributed by atoms with E-state index in [1.54, 1.807) is 7.11 Å². The fourth-order valence-corrected chi connectivity index (χ4v) is 1.90. The van der Waals surface area contributed by atoms with E-state index in [0.29, 0.717) is 19.8 Å². The monoisotopic (exact) mass is 248 g/mol. The van der Waals surface area contributed by atoms with E-state index in [1.807, 2.05) is 6.33 Å². The molecule has 0 saturated carbocycles. The van der Waals surface area contributed by atoms with Crippen LogP contribution in [0, 0.1) is 13.8 Å². The van der Waals surface area contributed by atoms with E-state index in [0.717, 1.165) is 12.1 Å². The summed E-state index contributed by atoms with van der Waals surface area (Å²) in [7, 11) is 1.68. The van der Waals surface area contributed by atoms with Crippen molar-refractivity contribution in [2.75, 3.05) is 26.9 Å². The van der Waals surface area contributed by atoms with Crippen molar-refractivity contribution in [3.63, 3.8) is 0 Å². The smallest absolute Gasteiger partial charge is 0.0959 e. The van der Waals surface area contributed by atoms with E-state index in [1.165, 1.54) is 16.6 Å². The van der Waals surface area contributed by atoms with Gasteiger partial charge in [0, 0.05) is 13.7 Å². The highest BCUT2D eigenvalue weighted by atomic mass is 16.5.